The Morgan fingerprint density at radius 3 is 2.73 bits per heavy atom. The second-order valence-electron chi connectivity index (χ2n) is 5.47. The monoisotopic (exact) mass is 374 g/mol. The maximum absolute atomic E-state index is 13.8. The van der Waals surface area contributed by atoms with Crippen LogP contribution in [0.2, 0.25) is 0 Å². The first-order valence-electron chi connectivity index (χ1n) is 7.72. The molecule has 0 fully saturated rings. The lowest BCUT2D eigenvalue weighted by Gasteiger charge is -2.18. The van der Waals surface area contributed by atoms with Crippen LogP contribution in [0.3, 0.4) is 0 Å². The Bertz CT molecular complexity index is 990. The van der Waals surface area contributed by atoms with Crippen LogP contribution in [0, 0.1) is 11.6 Å². The van der Waals surface area contributed by atoms with Crippen LogP contribution < -0.4 is 14.8 Å². The number of hydrogen-bond acceptors (Lipinski definition) is 5. The van der Waals surface area contributed by atoms with Crippen LogP contribution in [-0.4, -0.2) is 24.1 Å². The zero-order valence-corrected chi connectivity index (χ0v) is 14.1. The van der Waals surface area contributed by atoms with Gasteiger partial charge in [0.25, 0.3) is 5.91 Å². The maximum atomic E-state index is 13.8. The number of thiazole rings is 1. The molecule has 1 amide bonds. The third-order valence-electron chi connectivity index (χ3n) is 3.73. The van der Waals surface area contributed by atoms with Crippen molar-refractivity contribution in [2.45, 2.75) is 0 Å². The van der Waals surface area contributed by atoms with Crippen molar-refractivity contribution in [1.29, 1.82) is 0 Å². The van der Waals surface area contributed by atoms with Crippen LogP contribution in [0.4, 0.5) is 13.9 Å². The van der Waals surface area contributed by atoms with Gasteiger partial charge in [0, 0.05) is 16.5 Å². The van der Waals surface area contributed by atoms with Gasteiger partial charge < -0.3 is 9.47 Å². The molecule has 0 saturated heterocycles. The van der Waals surface area contributed by atoms with Crippen LogP contribution in [0.1, 0.15) is 10.4 Å². The summed E-state index contributed by atoms with van der Waals surface area (Å²) in [4.78, 5) is 16.6. The third kappa shape index (κ3) is 3.23. The fourth-order valence-corrected chi connectivity index (χ4v) is 3.21. The first-order chi connectivity index (χ1) is 12.6. The van der Waals surface area contributed by atoms with Crippen LogP contribution in [0.5, 0.6) is 11.5 Å². The zero-order chi connectivity index (χ0) is 18.1. The van der Waals surface area contributed by atoms with Crippen LogP contribution in [-0.2, 0) is 0 Å². The number of aromatic nitrogens is 1. The van der Waals surface area contributed by atoms with Gasteiger partial charge >= 0.3 is 0 Å². The largest absolute Gasteiger partial charge is 0.486 e. The van der Waals surface area contributed by atoms with E-state index < -0.39 is 11.6 Å². The van der Waals surface area contributed by atoms with E-state index in [1.54, 1.807) is 23.6 Å². The van der Waals surface area contributed by atoms with E-state index in [0.29, 0.717) is 30.3 Å². The lowest BCUT2D eigenvalue weighted by molar-refractivity contribution is 0.102. The number of rotatable bonds is 3. The Kier molecular flexibility index (Phi) is 4.26. The van der Waals surface area contributed by atoms with E-state index in [2.05, 4.69) is 10.3 Å². The predicted molar refractivity (Wildman–Crippen MR) is 92.9 cm³/mol. The topological polar surface area (TPSA) is 60.5 Å². The van der Waals surface area contributed by atoms with Gasteiger partial charge in [0.15, 0.2) is 16.6 Å². The Hall–Kier alpha value is -3.00. The summed E-state index contributed by atoms with van der Waals surface area (Å²) in [5.41, 5.74) is 0.675. The van der Waals surface area contributed by atoms with Gasteiger partial charge in [-0.2, -0.15) is 0 Å². The van der Waals surface area contributed by atoms with Crippen LogP contribution in [0.25, 0.3) is 11.3 Å². The van der Waals surface area contributed by atoms with Crippen LogP contribution in [0.15, 0.2) is 41.8 Å². The lowest BCUT2D eigenvalue weighted by atomic mass is 10.1. The molecule has 0 radical (unpaired) electrons. The molecule has 26 heavy (non-hydrogen) atoms. The Morgan fingerprint density at radius 1 is 1.08 bits per heavy atom. The summed E-state index contributed by atoms with van der Waals surface area (Å²) < 4.78 is 38.0. The van der Waals surface area contributed by atoms with E-state index in [0.717, 1.165) is 29.5 Å². The highest BCUT2D eigenvalue weighted by Gasteiger charge is 2.17. The van der Waals surface area contributed by atoms with Crippen molar-refractivity contribution >= 4 is 22.4 Å². The molecule has 0 aliphatic carbocycles. The van der Waals surface area contributed by atoms with E-state index >= 15 is 0 Å². The van der Waals surface area contributed by atoms with Gasteiger partial charge in [0.05, 0.1) is 5.69 Å². The highest BCUT2D eigenvalue weighted by atomic mass is 32.1. The quantitative estimate of drug-likeness (QED) is 0.749. The second-order valence-corrected chi connectivity index (χ2v) is 6.33. The molecule has 0 atom stereocenters. The van der Waals surface area contributed by atoms with E-state index in [-0.39, 0.29) is 22.3 Å². The minimum absolute atomic E-state index is 0.0427. The highest BCUT2D eigenvalue weighted by molar-refractivity contribution is 7.14. The molecule has 2 heterocycles. The van der Waals surface area contributed by atoms with Crippen molar-refractivity contribution in [3.8, 4) is 22.8 Å². The number of benzene rings is 2. The summed E-state index contributed by atoms with van der Waals surface area (Å²) in [6.07, 6.45) is 0. The Balaban J connectivity index is 1.54. The number of carbonyl (C=O) groups is 1. The molecule has 1 aliphatic rings. The molecular weight excluding hydrogens is 362 g/mol. The van der Waals surface area contributed by atoms with Crippen molar-refractivity contribution in [1.82, 2.24) is 4.98 Å². The predicted octanol–water partition coefficient (Wildman–Crippen LogP) is 4.11. The second kappa shape index (κ2) is 6.72. The Morgan fingerprint density at radius 2 is 1.88 bits per heavy atom. The van der Waals surface area contributed by atoms with E-state index in [1.165, 1.54) is 0 Å². The summed E-state index contributed by atoms with van der Waals surface area (Å²) in [7, 11) is 0. The average Bonchev–Trinajstić information content (AvgIpc) is 3.11. The summed E-state index contributed by atoms with van der Waals surface area (Å²) in [6, 6.07) is 8.01. The molecule has 1 aliphatic heterocycles. The molecule has 4 rings (SSSR count). The van der Waals surface area contributed by atoms with Crippen molar-refractivity contribution in [3.05, 3.63) is 59.0 Å². The molecule has 0 bridgehead atoms. The summed E-state index contributed by atoms with van der Waals surface area (Å²) in [5, 5.41) is 4.48. The number of hydrogen-bond donors (Lipinski definition) is 1. The lowest BCUT2D eigenvalue weighted by Crippen LogP contribution is -2.17. The normalized spacial score (nSPS) is 12.7. The molecule has 5 nitrogen and oxygen atoms in total. The van der Waals surface area contributed by atoms with E-state index in [4.69, 9.17) is 9.47 Å². The molecule has 3 aromatic rings. The smallest absolute Gasteiger partial charge is 0.257 e. The number of nitrogens with zero attached hydrogens (tertiary/aromatic N) is 1. The Labute approximate surface area is 151 Å². The number of fused-ring (bicyclic) bond motifs is 1. The molecule has 1 N–H and O–H groups in total. The minimum atomic E-state index is -0.582. The van der Waals surface area contributed by atoms with Crippen molar-refractivity contribution in [2.24, 2.45) is 0 Å². The fourth-order valence-electron chi connectivity index (χ4n) is 2.50. The summed E-state index contributed by atoms with van der Waals surface area (Å²) in [6.45, 7) is 0.893. The number of carbonyl (C=O) groups excluding carboxylic acids is 1. The first kappa shape index (κ1) is 16.5. The van der Waals surface area contributed by atoms with Gasteiger partial charge in [-0.1, -0.05) is 0 Å². The van der Waals surface area contributed by atoms with E-state index in [9.17, 15) is 13.6 Å². The van der Waals surface area contributed by atoms with Gasteiger partial charge in [-0.3, -0.25) is 10.1 Å². The van der Waals surface area contributed by atoms with Crippen molar-refractivity contribution < 1.29 is 23.0 Å². The molecule has 0 saturated carbocycles. The fraction of sp³-hybridized carbons (Fsp3) is 0.111. The third-order valence-corrected chi connectivity index (χ3v) is 4.49. The molecule has 0 unspecified atom stereocenters. The first-order valence-corrected chi connectivity index (χ1v) is 8.60. The number of ether oxygens (including phenoxy) is 2. The maximum Gasteiger partial charge on any atom is 0.257 e. The van der Waals surface area contributed by atoms with Gasteiger partial charge in [0.2, 0.25) is 0 Å². The molecule has 8 heteroatoms. The number of anilines is 1. The average molecular weight is 374 g/mol. The van der Waals surface area contributed by atoms with Crippen molar-refractivity contribution in [2.75, 3.05) is 18.5 Å². The molecule has 1 aromatic heterocycles. The summed E-state index contributed by atoms with van der Waals surface area (Å²) in [5.74, 6) is -0.434. The standard InChI is InChI=1S/C18H12F2N2O3S/c19-11-2-3-13(20)12(8-11)14-9-26-18(21-14)22-17(23)10-1-4-15-16(7-10)25-6-5-24-15/h1-4,7-9H,5-6H2,(H,21,22,23). The molecule has 132 valence electrons. The zero-order valence-electron chi connectivity index (χ0n) is 13.3. The SMILES string of the molecule is O=C(Nc1nc(-c2cc(F)ccc2F)cs1)c1ccc2c(c1)OCCO2. The van der Waals surface area contributed by atoms with Crippen molar-refractivity contribution in [3.63, 3.8) is 0 Å². The highest BCUT2D eigenvalue weighted by Crippen LogP contribution is 2.32. The van der Waals surface area contributed by atoms with Gasteiger partial charge in [-0.05, 0) is 36.4 Å². The number of halogens is 2. The summed E-state index contributed by atoms with van der Waals surface area (Å²) >= 11 is 1.12. The molecule has 0 spiro atoms. The van der Waals surface area contributed by atoms with Gasteiger partial charge in [0.1, 0.15) is 24.8 Å². The van der Waals surface area contributed by atoms with Gasteiger partial charge in [-0.15, -0.1) is 11.3 Å². The van der Waals surface area contributed by atoms with Gasteiger partial charge in [-0.25, -0.2) is 13.8 Å². The number of nitrogens with one attached hydrogen (secondary N) is 1. The minimum Gasteiger partial charge on any atom is -0.486 e. The van der Waals surface area contributed by atoms with E-state index in [1.807, 2.05) is 0 Å². The molecule has 2 aromatic carbocycles. The van der Waals surface area contributed by atoms with Crippen LogP contribution >= 0.6 is 11.3 Å². The number of amides is 1. The molecular formula is C18H12F2N2O3S.